The van der Waals surface area contributed by atoms with Crippen molar-refractivity contribution in [2.24, 2.45) is 0 Å². The van der Waals surface area contributed by atoms with Gasteiger partial charge in [-0.3, -0.25) is 9.59 Å². The fraction of sp³-hybridized carbons (Fsp3) is 0.947. The van der Waals surface area contributed by atoms with Gasteiger partial charge in [0, 0.05) is 12.8 Å². The summed E-state index contributed by atoms with van der Waals surface area (Å²) >= 11 is 0. The lowest BCUT2D eigenvalue weighted by atomic mass is 10.1. The smallest absolute Gasteiger partial charge is 0.305 e. The lowest BCUT2D eigenvalue weighted by molar-refractivity contribution is -0.144. The van der Waals surface area contributed by atoms with Crippen molar-refractivity contribution in [1.29, 1.82) is 0 Å². The molecule has 250 valence electrons. The highest BCUT2D eigenvalue weighted by molar-refractivity contribution is 5.69. The van der Waals surface area contributed by atoms with E-state index in [-0.39, 0.29) is 11.9 Å². The van der Waals surface area contributed by atoms with Crippen LogP contribution in [0.3, 0.4) is 0 Å². The fourth-order valence-corrected chi connectivity index (χ4v) is 5.65. The van der Waals surface area contributed by atoms with E-state index in [0.29, 0.717) is 26.1 Å². The molecule has 0 heterocycles. The monoisotopic (exact) mass is 595 g/mol. The zero-order valence-corrected chi connectivity index (χ0v) is 28.7. The Morgan fingerprint density at radius 1 is 0.310 bits per heavy atom. The average molecular weight is 595 g/mol. The van der Waals surface area contributed by atoms with Crippen molar-refractivity contribution in [2.45, 2.75) is 219 Å². The van der Waals surface area contributed by atoms with E-state index in [1.165, 1.54) is 141 Å². The van der Waals surface area contributed by atoms with Gasteiger partial charge in [0.25, 0.3) is 0 Å². The highest BCUT2D eigenvalue weighted by Gasteiger charge is 2.04. The first-order chi connectivity index (χ1) is 20.7. The molecule has 4 heteroatoms. The number of carbonyl (C=O) groups is 2. The number of ether oxygens (including phenoxy) is 2. The molecule has 0 aliphatic carbocycles. The quantitative estimate of drug-likeness (QED) is 0.0541. The second kappa shape index (κ2) is 36.1. The molecule has 0 aliphatic heterocycles. The van der Waals surface area contributed by atoms with Gasteiger partial charge in [-0.15, -0.1) is 0 Å². The van der Waals surface area contributed by atoms with E-state index in [1.807, 2.05) is 0 Å². The van der Waals surface area contributed by atoms with Gasteiger partial charge in [0.05, 0.1) is 13.2 Å². The molecule has 0 unspecified atom stereocenters. The van der Waals surface area contributed by atoms with E-state index in [0.717, 1.165) is 51.4 Å². The van der Waals surface area contributed by atoms with Gasteiger partial charge in [0.15, 0.2) is 0 Å². The summed E-state index contributed by atoms with van der Waals surface area (Å²) in [6, 6.07) is 0. The molecule has 0 fully saturated rings. The van der Waals surface area contributed by atoms with Gasteiger partial charge in [-0.2, -0.15) is 0 Å². The predicted octanol–water partition coefficient (Wildman–Crippen LogP) is 12.6. The summed E-state index contributed by atoms with van der Waals surface area (Å²) in [5.74, 6) is -0.0177. The van der Waals surface area contributed by atoms with Crippen LogP contribution in [0.1, 0.15) is 219 Å². The van der Waals surface area contributed by atoms with Crippen LogP contribution in [-0.4, -0.2) is 25.2 Å². The molecule has 0 rings (SSSR count). The van der Waals surface area contributed by atoms with Crippen molar-refractivity contribution in [1.82, 2.24) is 0 Å². The van der Waals surface area contributed by atoms with Crippen LogP contribution in [0.5, 0.6) is 0 Å². The van der Waals surface area contributed by atoms with Gasteiger partial charge >= 0.3 is 11.9 Å². The van der Waals surface area contributed by atoms with Gasteiger partial charge in [-0.05, 0) is 25.7 Å². The van der Waals surface area contributed by atoms with Crippen LogP contribution in [-0.2, 0) is 19.1 Å². The SMILES string of the molecule is CCCCCCCCCCCCCC(=O)OCCCCCCCCCCOC(=O)CCCCCCCCCCCCC. The molecule has 0 spiro atoms. The minimum absolute atomic E-state index is 0.00886. The molecule has 42 heavy (non-hydrogen) atoms. The lowest BCUT2D eigenvalue weighted by Crippen LogP contribution is -2.05. The summed E-state index contributed by atoms with van der Waals surface area (Å²) in [6.45, 7) is 5.71. The summed E-state index contributed by atoms with van der Waals surface area (Å²) in [5, 5.41) is 0. The molecule has 0 aromatic rings. The van der Waals surface area contributed by atoms with Gasteiger partial charge < -0.3 is 9.47 Å². The van der Waals surface area contributed by atoms with E-state index in [1.54, 1.807) is 0 Å². The van der Waals surface area contributed by atoms with E-state index in [9.17, 15) is 9.59 Å². The van der Waals surface area contributed by atoms with E-state index in [4.69, 9.17) is 9.47 Å². The Morgan fingerprint density at radius 2 is 0.524 bits per heavy atom. The number of hydrogen-bond donors (Lipinski definition) is 0. The van der Waals surface area contributed by atoms with E-state index in [2.05, 4.69) is 13.8 Å². The first kappa shape index (κ1) is 40.9. The van der Waals surface area contributed by atoms with Gasteiger partial charge in [0.2, 0.25) is 0 Å². The Labute approximate surface area is 263 Å². The first-order valence-corrected chi connectivity index (χ1v) is 19.0. The topological polar surface area (TPSA) is 52.6 Å². The first-order valence-electron chi connectivity index (χ1n) is 19.0. The van der Waals surface area contributed by atoms with Crippen LogP contribution < -0.4 is 0 Å². The molecule has 0 aliphatic rings. The summed E-state index contributed by atoms with van der Waals surface area (Å²) in [4.78, 5) is 23.8. The third-order valence-electron chi connectivity index (χ3n) is 8.53. The minimum atomic E-state index is -0.00886. The Bertz CT molecular complexity index is 499. The van der Waals surface area contributed by atoms with Gasteiger partial charge in [0.1, 0.15) is 0 Å². The molecule has 0 atom stereocenters. The number of hydrogen-bond acceptors (Lipinski definition) is 4. The second-order valence-corrected chi connectivity index (χ2v) is 12.8. The highest BCUT2D eigenvalue weighted by Crippen LogP contribution is 2.14. The van der Waals surface area contributed by atoms with Crippen molar-refractivity contribution in [3.63, 3.8) is 0 Å². The second-order valence-electron chi connectivity index (χ2n) is 12.8. The molecular formula is C38H74O4. The lowest BCUT2D eigenvalue weighted by Gasteiger charge is -2.06. The minimum Gasteiger partial charge on any atom is -0.466 e. The highest BCUT2D eigenvalue weighted by atomic mass is 16.5. The Hall–Kier alpha value is -1.06. The summed E-state index contributed by atoms with van der Waals surface area (Å²) in [6.07, 6.45) is 39.0. The van der Waals surface area contributed by atoms with Crippen molar-refractivity contribution in [3.05, 3.63) is 0 Å². The van der Waals surface area contributed by atoms with E-state index >= 15 is 0 Å². The molecule has 0 bridgehead atoms. The van der Waals surface area contributed by atoms with Crippen molar-refractivity contribution >= 4 is 11.9 Å². The van der Waals surface area contributed by atoms with Crippen molar-refractivity contribution in [3.8, 4) is 0 Å². The Balaban J connectivity index is 3.22. The van der Waals surface area contributed by atoms with Crippen LogP contribution in [0, 0.1) is 0 Å². The van der Waals surface area contributed by atoms with Crippen LogP contribution >= 0.6 is 0 Å². The Kier molecular flexibility index (Phi) is 35.2. The molecule has 0 radical (unpaired) electrons. The molecule has 0 saturated heterocycles. The molecule has 0 amide bonds. The number of unbranched alkanes of at least 4 members (excludes halogenated alkanes) is 27. The predicted molar refractivity (Wildman–Crippen MR) is 181 cm³/mol. The average Bonchev–Trinajstić information content (AvgIpc) is 2.99. The van der Waals surface area contributed by atoms with Gasteiger partial charge in [-0.1, -0.05) is 181 Å². The number of esters is 2. The third kappa shape index (κ3) is 35.1. The summed E-state index contributed by atoms with van der Waals surface area (Å²) in [5.41, 5.74) is 0. The zero-order valence-electron chi connectivity index (χ0n) is 28.7. The molecule has 0 N–H and O–H groups in total. The zero-order chi connectivity index (χ0) is 30.6. The largest absolute Gasteiger partial charge is 0.466 e. The summed E-state index contributed by atoms with van der Waals surface area (Å²) < 4.78 is 10.8. The Morgan fingerprint density at radius 3 is 0.786 bits per heavy atom. The number of rotatable bonds is 35. The molecule has 0 aromatic heterocycles. The maximum absolute atomic E-state index is 11.9. The van der Waals surface area contributed by atoms with Crippen LogP contribution in [0.25, 0.3) is 0 Å². The van der Waals surface area contributed by atoms with Crippen molar-refractivity contribution < 1.29 is 19.1 Å². The number of carbonyl (C=O) groups excluding carboxylic acids is 2. The van der Waals surface area contributed by atoms with Gasteiger partial charge in [-0.25, -0.2) is 0 Å². The normalized spacial score (nSPS) is 11.2. The van der Waals surface area contributed by atoms with Crippen LogP contribution in [0.4, 0.5) is 0 Å². The summed E-state index contributed by atoms with van der Waals surface area (Å²) in [7, 11) is 0. The molecular weight excluding hydrogens is 520 g/mol. The maximum Gasteiger partial charge on any atom is 0.305 e. The standard InChI is InChI=1S/C38H74O4/c1-3-5-7-9-11-13-15-17-21-25-29-33-37(39)41-35-31-27-23-19-20-24-28-32-36-42-38(40)34-30-26-22-18-16-14-12-10-8-6-4-2/h3-36H2,1-2H3. The maximum atomic E-state index is 11.9. The molecule has 0 aromatic carbocycles. The molecule has 4 nitrogen and oxygen atoms in total. The van der Waals surface area contributed by atoms with Crippen molar-refractivity contribution in [2.75, 3.05) is 13.2 Å². The fourth-order valence-electron chi connectivity index (χ4n) is 5.65. The third-order valence-corrected chi connectivity index (χ3v) is 8.53. The van der Waals surface area contributed by atoms with Crippen LogP contribution in [0.2, 0.25) is 0 Å². The van der Waals surface area contributed by atoms with E-state index < -0.39 is 0 Å². The molecule has 0 saturated carbocycles. The van der Waals surface area contributed by atoms with Crippen LogP contribution in [0.15, 0.2) is 0 Å².